The summed E-state index contributed by atoms with van der Waals surface area (Å²) in [6.07, 6.45) is 4.01. The topological polar surface area (TPSA) is 69.6 Å². The Labute approximate surface area is 163 Å². The van der Waals surface area contributed by atoms with Gasteiger partial charge in [-0.3, -0.25) is 14.8 Å². The zero-order valence-electron chi connectivity index (χ0n) is 15.0. The van der Waals surface area contributed by atoms with E-state index in [1.165, 1.54) is 11.6 Å². The lowest BCUT2D eigenvalue weighted by molar-refractivity contribution is -0.131. The van der Waals surface area contributed by atoms with Crippen LogP contribution in [0.3, 0.4) is 0 Å². The van der Waals surface area contributed by atoms with Crippen molar-refractivity contribution >= 4 is 29.5 Å². The molecule has 2 aromatic carbocycles. The Balaban J connectivity index is 1.70. The highest BCUT2D eigenvalue weighted by Gasteiger charge is 2.21. The number of fused-ring (bicyclic) bond motifs is 1. The van der Waals surface area contributed by atoms with Gasteiger partial charge in [-0.05, 0) is 59.4 Å². The van der Waals surface area contributed by atoms with Crippen molar-refractivity contribution in [1.82, 2.24) is 10.4 Å². The van der Waals surface area contributed by atoms with Crippen LogP contribution in [0.5, 0.6) is 0 Å². The molecule has 1 aliphatic heterocycles. The van der Waals surface area contributed by atoms with Crippen molar-refractivity contribution in [2.75, 3.05) is 6.54 Å². The highest BCUT2D eigenvalue weighted by Crippen LogP contribution is 2.23. The monoisotopic (exact) mass is 384 g/mol. The molecule has 2 amide bonds. The number of rotatable bonds is 4. The first-order chi connectivity index (χ1) is 13.0. The van der Waals surface area contributed by atoms with Crippen molar-refractivity contribution in [3.05, 3.63) is 75.3 Å². The normalized spacial score (nSPS) is 13.5. The molecule has 0 radical (unpaired) electrons. The fraction of sp³-hybridized carbons (Fsp3) is 0.238. The van der Waals surface area contributed by atoms with Gasteiger partial charge in [-0.2, -0.15) is 0 Å². The van der Waals surface area contributed by atoms with Crippen molar-refractivity contribution < 1.29 is 14.8 Å². The number of hydrogen-bond donors (Lipinski definition) is 2. The Morgan fingerprint density at radius 3 is 2.78 bits per heavy atom. The maximum atomic E-state index is 12.7. The molecular weight excluding hydrogens is 364 g/mol. The average molecular weight is 385 g/mol. The second-order valence-corrected chi connectivity index (χ2v) is 7.07. The molecule has 3 rings (SSSR count). The van der Waals surface area contributed by atoms with Crippen LogP contribution in [0.2, 0.25) is 5.02 Å². The SMILES string of the molecule is Cc1ccc(CC(=O)N2CCc3ccc(/C=C/C(=O)NO)cc3C2)cc1Cl. The van der Waals surface area contributed by atoms with E-state index in [-0.39, 0.29) is 5.91 Å². The predicted molar refractivity (Wildman–Crippen MR) is 104 cm³/mol. The highest BCUT2D eigenvalue weighted by atomic mass is 35.5. The van der Waals surface area contributed by atoms with E-state index in [1.807, 2.05) is 48.2 Å². The number of carbonyl (C=O) groups excluding carboxylic acids is 2. The van der Waals surface area contributed by atoms with Gasteiger partial charge in [0.05, 0.1) is 6.42 Å². The average Bonchev–Trinajstić information content (AvgIpc) is 2.68. The summed E-state index contributed by atoms with van der Waals surface area (Å²) in [6.45, 7) is 3.17. The van der Waals surface area contributed by atoms with Gasteiger partial charge >= 0.3 is 0 Å². The minimum atomic E-state index is -0.582. The molecule has 140 valence electrons. The summed E-state index contributed by atoms with van der Waals surface area (Å²) >= 11 is 6.15. The summed E-state index contributed by atoms with van der Waals surface area (Å²) in [5.41, 5.74) is 6.59. The molecule has 27 heavy (non-hydrogen) atoms. The second-order valence-electron chi connectivity index (χ2n) is 6.66. The molecule has 0 saturated heterocycles. The Hall–Kier alpha value is -2.63. The first kappa shape index (κ1) is 19.1. The molecule has 0 atom stereocenters. The van der Waals surface area contributed by atoms with Gasteiger partial charge in [-0.1, -0.05) is 35.9 Å². The van der Waals surface area contributed by atoms with Crippen LogP contribution < -0.4 is 5.48 Å². The minimum absolute atomic E-state index is 0.0705. The minimum Gasteiger partial charge on any atom is -0.338 e. The molecule has 0 bridgehead atoms. The first-order valence-electron chi connectivity index (χ1n) is 8.73. The summed E-state index contributed by atoms with van der Waals surface area (Å²) in [5, 5.41) is 9.22. The molecule has 6 heteroatoms. The molecule has 1 aliphatic rings. The van der Waals surface area contributed by atoms with Crippen molar-refractivity contribution in [2.24, 2.45) is 0 Å². The molecular formula is C21H21ClN2O3. The molecule has 0 aliphatic carbocycles. The van der Waals surface area contributed by atoms with Gasteiger partial charge in [0, 0.05) is 24.2 Å². The molecule has 0 unspecified atom stereocenters. The lowest BCUT2D eigenvalue weighted by atomic mass is 9.96. The van der Waals surface area contributed by atoms with Crippen molar-refractivity contribution in [3.63, 3.8) is 0 Å². The van der Waals surface area contributed by atoms with Crippen LogP contribution in [-0.4, -0.2) is 28.5 Å². The first-order valence-corrected chi connectivity index (χ1v) is 9.11. The van der Waals surface area contributed by atoms with E-state index in [4.69, 9.17) is 16.8 Å². The highest BCUT2D eigenvalue weighted by molar-refractivity contribution is 6.31. The van der Waals surface area contributed by atoms with Gasteiger partial charge in [-0.15, -0.1) is 0 Å². The molecule has 2 aromatic rings. The van der Waals surface area contributed by atoms with Gasteiger partial charge in [-0.25, -0.2) is 5.48 Å². The molecule has 0 aromatic heterocycles. The van der Waals surface area contributed by atoms with Gasteiger partial charge in [0.15, 0.2) is 0 Å². The third-order valence-electron chi connectivity index (χ3n) is 4.72. The fourth-order valence-corrected chi connectivity index (χ4v) is 3.34. The molecule has 5 nitrogen and oxygen atoms in total. The van der Waals surface area contributed by atoms with Gasteiger partial charge in [0.2, 0.25) is 5.91 Å². The number of amides is 2. The maximum absolute atomic E-state index is 12.7. The molecule has 0 saturated carbocycles. The summed E-state index contributed by atoms with van der Waals surface area (Å²) in [4.78, 5) is 25.7. The Kier molecular flexibility index (Phi) is 5.94. The van der Waals surface area contributed by atoms with Gasteiger partial charge in [0.1, 0.15) is 0 Å². The quantitative estimate of drug-likeness (QED) is 0.482. The Morgan fingerprint density at radius 1 is 1.22 bits per heavy atom. The summed E-state index contributed by atoms with van der Waals surface area (Å²) in [6, 6.07) is 11.6. The number of halogens is 1. The Morgan fingerprint density at radius 2 is 2.04 bits per heavy atom. The number of nitrogens with zero attached hydrogens (tertiary/aromatic N) is 1. The zero-order chi connectivity index (χ0) is 19.4. The lowest BCUT2D eigenvalue weighted by Gasteiger charge is -2.29. The van der Waals surface area contributed by atoms with Crippen molar-refractivity contribution in [3.8, 4) is 0 Å². The molecule has 0 spiro atoms. The van der Waals surface area contributed by atoms with Crippen LogP contribution in [0.15, 0.2) is 42.5 Å². The van der Waals surface area contributed by atoms with Crippen LogP contribution >= 0.6 is 11.6 Å². The van der Waals surface area contributed by atoms with E-state index >= 15 is 0 Å². The van der Waals surface area contributed by atoms with E-state index in [1.54, 1.807) is 11.6 Å². The largest absolute Gasteiger partial charge is 0.338 e. The van der Waals surface area contributed by atoms with Crippen LogP contribution in [0, 0.1) is 6.92 Å². The fourth-order valence-electron chi connectivity index (χ4n) is 3.14. The van der Waals surface area contributed by atoms with Crippen molar-refractivity contribution in [1.29, 1.82) is 0 Å². The standard InChI is InChI=1S/C21H21ClN2O3/c1-14-2-3-16(11-19(14)22)12-21(26)24-9-8-17-6-4-15(10-18(17)13-24)5-7-20(25)23-27/h2-7,10-11,27H,8-9,12-13H2,1H3,(H,23,25)/b7-5+. The van der Waals surface area contributed by atoms with E-state index in [9.17, 15) is 9.59 Å². The number of hydroxylamine groups is 1. The molecule has 2 N–H and O–H groups in total. The Bertz CT molecular complexity index is 908. The number of carbonyl (C=O) groups is 2. The number of hydrogen-bond acceptors (Lipinski definition) is 3. The molecule has 1 heterocycles. The van der Waals surface area contributed by atoms with E-state index in [0.717, 1.165) is 28.7 Å². The van der Waals surface area contributed by atoms with Gasteiger partial charge < -0.3 is 4.90 Å². The number of benzene rings is 2. The summed E-state index contributed by atoms with van der Waals surface area (Å²) in [5.74, 6) is -0.512. The zero-order valence-corrected chi connectivity index (χ0v) is 15.8. The van der Waals surface area contributed by atoms with Crippen LogP contribution in [0.1, 0.15) is 27.8 Å². The smallest absolute Gasteiger partial charge is 0.267 e. The van der Waals surface area contributed by atoms with Crippen LogP contribution in [-0.2, 0) is 29.0 Å². The van der Waals surface area contributed by atoms with Crippen LogP contribution in [0.4, 0.5) is 0 Å². The lowest BCUT2D eigenvalue weighted by Crippen LogP contribution is -2.36. The molecule has 0 fully saturated rings. The van der Waals surface area contributed by atoms with E-state index in [2.05, 4.69) is 0 Å². The maximum Gasteiger partial charge on any atom is 0.267 e. The summed E-state index contributed by atoms with van der Waals surface area (Å²) < 4.78 is 0. The van der Waals surface area contributed by atoms with Crippen LogP contribution in [0.25, 0.3) is 6.08 Å². The van der Waals surface area contributed by atoms with E-state index < -0.39 is 5.91 Å². The van der Waals surface area contributed by atoms with E-state index in [0.29, 0.717) is 24.5 Å². The van der Waals surface area contributed by atoms with Crippen molar-refractivity contribution in [2.45, 2.75) is 26.3 Å². The second kappa shape index (κ2) is 8.37. The third-order valence-corrected chi connectivity index (χ3v) is 5.13. The summed E-state index contributed by atoms with van der Waals surface area (Å²) in [7, 11) is 0. The number of nitrogens with one attached hydrogen (secondary N) is 1. The van der Waals surface area contributed by atoms with Gasteiger partial charge in [0.25, 0.3) is 5.91 Å². The predicted octanol–water partition coefficient (Wildman–Crippen LogP) is 3.29. The third kappa shape index (κ3) is 4.76. The number of aryl methyl sites for hydroxylation is 1.